The number of aromatic nitrogens is 3. The van der Waals surface area contributed by atoms with Gasteiger partial charge in [-0.15, -0.1) is 4.91 Å². The Balaban J connectivity index is 1.59. The first-order valence-electron chi connectivity index (χ1n) is 13.0. The molecule has 2 aliphatic carbocycles. The van der Waals surface area contributed by atoms with Crippen LogP contribution >= 0.6 is 0 Å². The van der Waals surface area contributed by atoms with Crippen LogP contribution in [0.15, 0.2) is 89.2 Å². The van der Waals surface area contributed by atoms with Crippen LogP contribution in [-0.4, -0.2) is 33.8 Å². The van der Waals surface area contributed by atoms with E-state index in [2.05, 4.69) is 20.0 Å². The van der Waals surface area contributed by atoms with Crippen molar-refractivity contribution in [2.45, 2.75) is 37.8 Å². The molecular weight excluding hydrogens is 495 g/mol. The molecule has 1 fully saturated rings. The second-order valence-electron chi connectivity index (χ2n) is 9.65. The highest BCUT2D eigenvalue weighted by molar-refractivity contribution is 5.84. The summed E-state index contributed by atoms with van der Waals surface area (Å²) in [5.74, 6) is 0.0457. The van der Waals surface area contributed by atoms with Gasteiger partial charge in [0.2, 0.25) is 0 Å². The van der Waals surface area contributed by atoms with E-state index in [0.29, 0.717) is 17.2 Å². The number of pyridine rings is 1. The van der Waals surface area contributed by atoms with Gasteiger partial charge in [0.1, 0.15) is 5.82 Å². The predicted molar refractivity (Wildman–Crippen MR) is 149 cm³/mol. The molecule has 3 aromatic rings. The molecular formula is C30H27FN6O2. The topological polar surface area (TPSA) is 93.8 Å². The van der Waals surface area contributed by atoms with Crippen molar-refractivity contribution in [1.82, 2.24) is 14.5 Å². The van der Waals surface area contributed by atoms with E-state index < -0.39 is 0 Å². The van der Waals surface area contributed by atoms with Crippen LogP contribution < -0.4 is 10.7 Å². The predicted octanol–water partition coefficient (Wildman–Crippen LogP) is 6.66. The summed E-state index contributed by atoms with van der Waals surface area (Å²) in [4.78, 5) is 25.9. The van der Waals surface area contributed by atoms with E-state index in [1.165, 1.54) is 12.1 Å². The molecule has 0 amide bonds. The third kappa shape index (κ3) is 5.00. The van der Waals surface area contributed by atoms with Gasteiger partial charge in [0.25, 0.3) is 0 Å². The Morgan fingerprint density at radius 3 is 2.56 bits per heavy atom. The highest BCUT2D eigenvalue weighted by Gasteiger charge is 2.22. The molecule has 0 saturated heterocycles. The summed E-state index contributed by atoms with van der Waals surface area (Å²) in [5.41, 5.74) is 4.90. The maximum Gasteiger partial charge on any atom is 0.160 e. The lowest BCUT2D eigenvalue weighted by molar-refractivity contribution is 0.0663. The number of anilines is 2. The molecule has 2 heterocycles. The Hall–Kier alpha value is -4.50. The van der Waals surface area contributed by atoms with Gasteiger partial charge in [0.15, 0.2) is 11.5 Å². The molecule has 1 saturated carbocycles. The van der Waals surface area contributed by atoms with E-state index in [4.69, 9.17) is 14.7 Å². The van der Waals surface area contributed by atoms with Gasteiger partial charge in [0.05, 0.1) is 45.6 Å². The molecule has 3 aliphatic rings. The Morgan fingerprint density at radius 1 is 1.00 bits per heavy atom. The Morgan fingerprint density at radius 2 is 1.79 bits per heavy atom. The summed E-state index contributed by atoms with van der Waals surface area (Å²) in [6, 6.07) is 21.6. The van der Waals surface area contributed by atoms with E-state index in [9.17, 15) is 9.30 Å². The van der Waals surface area contributed by atoms with Gasteiger partial charge in [-0.05, 0) is 91.5 Å². The average Bonchev–Trinajstić information content (AvgIpc) is 2.97. The average molecular weight is 523 g/mol. The highest BCUT2D eigenvalue weighted by Crippen LogP contribution is 2.32. The summed E-state index contributed by atoms with van der Waals surface area (Å²) in [6.45, 7) is 0. The summed E-state index contributed by atoms with van der Waals surface area (Å²) in [7, 11) is 1.75. The molecule has 0 unspecified atom stereocenters. The molecule has 2 aromatic carbocycles. The van der Waals surface area contributed by atoms with Crippen molar-refractivity contribution in [3.8, 4) is 17.1 Å². The number of ether oxygens (including phenoxy) is 1. The Labute approximate surface area is 224 Å². The van der Waals surface area contributed by atoms with Crippen LogP contribution in [0.1, 0.15) is 25.7 Å². The van der Waals surface area contributed by atoms with Crippen molar-refractivity contribution in [2.24, 2.45) is 10.2 Å². The van der Waals surface area contributed by atoms with Gasteiger partial charge in [0, 0.05) is 19.0 Å². The summed E-state index contributed by atoms with van der Waals surface area (Å²) in [6.07, 6.45) is 5.58. The van der Waals surface area contributed by atoms with E-state index in [-0.39, 0.29) is 23.7 Å². The number of methoxy groups -OCH3 is 1. The molecule has 0 radical (unpaired) electrons. The van der Waals surface area contributed by atoms with Crippen molar-refractivity contribution in [1.29, 1.82) is 0 Å². The maximum absolute atomic E-state index is 13.8. The zero-order valence-corrected chi connectivity index (χ0v) is 21.4. The largest absolute Gasteiger partial charge is 0.381 e. The molecule has 0 spiro atoms. The van der Waals surface area contributed by atoms with Crippen LogP contribution in [0, 0.1) is 10.7 Å². The summed E-state index contributed by atoms with van der Waals surface area (Å²) < 4.78 is 21.5. The molecule has 1 N–H and O–H groups in total. The number of halogens is 1. The van der Waals surface area contributed by atoms with Crippen LogP contribution in [0.2, 0.25) is 0 Å². The zero-order valence-electron chi connectivity index (χ0n) is 21.4. The standard InChI is InChI=1S/C30H27FN6O2/c1-39-22-14-10-20(11-15-22)33-26-18-29-27(17-25(26)35-30-24(36-38)6-4-16-32-30)34-23-5-2-3-7-28(23)37(29)21-12-8-19(31)9-13-21/h2-9,12-13,16-18,20,22H,10-11,14-15H2,1H3,(H,32,35). The van der Waals surface area contributed by atoms with Gasteiger partial charge in [-0.2, -0.15) is 0 Å². The fourth-order valence-corrected chi connectivity index (χ4v) is 5.22. The maximum atomic E-state index is 13.8. The van der Waals surface area contributed by atoms with Crippen molar-refractivity contribution < 1.29 is 9.13 Å². The van der Waals surface area contributed by atoms with Gasteiger partial charge in [-0.25, -0.2) is 14.4 Å². The van der Waals surface area contributed by atoms with Crippen molar-refractivity contribution in [3.63, 3.8) is 0 Å². The minimum atomic E-state index is -0.300. The molecule has 196 valence electrons. The van der Waals surface area contributed by atoms with Gasteiger partial charge in [-0.3, -0.25) is 4.99 Å². The van der Waals surface area contributed by atoms with Crippen LogP contribution in [0.5, 0.6) is 0 Å². The van der Waals surface area contributed by atoms with Crippen molar-refractivity contribution >= 4 is 28.2 Å². The molecule has 1 aliphatic heterocycles. The van der Waals surface area contributed by atoms with Gasteiger partial charge < -0.3 is 14.6 Å². The van der Waals surface area contributed by atoms with Gasteiger partial charge >= 0.3 is 0 Å². The van der Waals surface area contributed by atoms with Crippen molar-refractivity contribution in [2.75, 3.05) is 12.4 Å². The number of hydrogen-bond acceptors (Lipinski definition) is 7. The lowest BCUT2D eigenvalue weighted by Crippen LogP contribution is -2.25. The number of fused-ring (bicyclic) bond motifs is 2. The lowest BCUT2D eigenvalue weighted by Gasteiger charge is -2.25. The summed E-state index contributed by atoms with van der Waals surface area (Å²) >= 11 is 0. The molecule has 39 heavy (non-hydrogen) atoms. The normalized spacial score (nSPS) is 17.9. The smallest absolute Gasteiger partial charge is 0.160 e. The number of para-hydroxylation sites is 2. The molecule has 0 atom stereocenters. The second-order valence-corrected chi connectivity index (χ2v) is 9.65. The molecule has 6 rings (SSSR count). The van der Waals surface area contributed by atoms with E-state index >= 15 is 0 Å². The third-order valence-corrected chi connectivity index (χ3v) is 7.22. The minimum Gasteiger partial charge on any atom is -0.381 e. The van der Waals surface area contributed by atoms with E-state index in [1.54, 1.807) is 37.6 Å². The monoisotopic (exact) mass is 522 g/mol. The summed E-state index contributed by atoms with van der Waals surface area (Å²) in [5, 5.41) is 7.13. The lowest BCUT2D eigenvalue weighted by atomic mass is 9.93. The van der Waals surface area contributed by atoms with Crippen LogP contribution in [0.3, 0.4) is 0 Å². The fourth-order valence-electron chi connectivity index (χ4n) is 5.22. The van der Waals surface area contributed by atoms with Gasteiger partial charge in [-0.1, -0.05) is 12.1 Å². The molecule has 1 aromatic heterocycles. The number of nitrogens with one attached hydrogen (secondary N) is 1. The van der Waals surface area contributed by atoms with Crippen LogP contribution in [-0.2, 0) is 4.74 Å². The minimum absolute atomic E-state index is 0.120. The molecule has 9 heteroatoms. The molecule has 0 bridgehead atoms. The Kier molecular flexibility index (Phi) is 6.81. The fraction of sp³-hybridized carbons (Fsp3) is 0.233. The third-order valence-electron chi connectivity index (χ3n) is 7.22. The highest BCUT2D eigenvalue weighted by atomic mass is 19.1. The Bertz CT molecular complexity index is 1680. The van der Waals surface area contributed by atoms with E-state index in [1.807, 2.05) is 36.4 Å². The van der Waals surface area contributed by atoms with Crippen LogP contribution in [0.25, 0.3) is 28.1 Å². The number of rotatable bonds is 6. The zero-order chi connectivity index (χ0) is 26.8. The number of hydrogen-bond donors (Lipinski definition) is 1. The number of nitroso groups, excluding NO2 is 1. The molecule has 8 nitrogen and oxygen atoms in total. The first-order chi connectivity index (χ1) is 19.1. The first-order valence-corrected chi connectivity index (χ1v) is 13.0. The number of nitrogens with zero attached hydrogens (tertiary/aromatic N) is 5. The second kappa shape index (κ2) is 10.7. The first kappa shape index (κ1) is 24.8. The van der Waals surface area contributed by atoms with E-state index in [0.717, 1.165) is 53.5 Å². The van der Waals surface area contributed by atoms with Crippen LogP contribution in [0.4, 0.5) is 21.6 Å². The van der Waals surface area contributed by atoms with Crippen molar-refractivity contribution in [3.05, 3.63) is 95.1 Å². The SMILES string of the molecule is COC1CCC(N=c2cc3n(-c4ccc(F)cc4)c4ccccc4nc-3cc2Nc2ncccc2N=O)CC1. The quantitative estimate of drug-likeness (QED) is 0.199. The number of benzene rings is 3.